The van der Waals surface area contributed by atoms with Crippen LogP contribution in [0.3, 0.4) is 0 Å². The summed E-state index contributed by atoms with van der Waals surface area (Å²) in [7, 11) is 1.92. The Morgan fingerprint density at radius 1 is 0.917 bits per heavy atom. The topological polar surface area (TPSA) is 56.7 Å². The zero-order valence-corrected chi connectivity index (χ0v) is 13.5. The first-order valence-corrected chi connectivity index (χ1v) is 7.70. The number of aromatic nitrogens is 4. The van der Waals surface area contributed by atoms with Crippen LogP contribution in [0.4, 0.5) is 0 Å². The molecule has 0 atom stereocenters. The molecule has 4 aromatic rings. The molecule has 0 saturated heterocycles. The van der Waals surface area contributed by atoms with E-state index in [1.54, 1.807) is 6.20 Å². The lowest BCUT2D eigenvalue weighted by molar-refractivity contribution is 0.432. The van der Waals surface area contributed by atoms with Gasteiger partial charge in [-0.2, -0.15) is 10.1 Å². The minimum absolute atomic E-state index is 0.527. The summed E-state index contributed by atoms with van der Waals surface area (Å²) >= 11 is 0. The molecule has 2 aromatic heterocycles. The number of aryl methyl sites for hydroxylation is 2. The summed E-state index contributed by atoms with van der Waals surface area (Å²) in [6, 6.07) is 18.1. The fourth-order valence-electron chi connectivity index (χ4n) is 2.71. The van der Waals surface area contributed by atoms with Crippen molar-refractivity contribution in [3.63, 3.8) is 0 Å². The summed E-state index contributed by atoms with van der Waals surface area (Å²) in [6.07, 6.45) is 1.78. The maximum Gasteiger partial charge on any atom is 0.258 e. The van der Waals surface area contributed by atoms with Gasteiger partial charge in [-0.05, 0) is 31.2 Å². The lowest BCUT2D eigenvalue weighted by Crippen LogP contribution is -1.93. The van der Waals surface area contributed by atoms with Crippen molar-refractivity contribution < 1.29 is 4.52 Å². The van der Waals surface area contributed by atoms with Crippen molar-refractivity contribution in [2.45, 2.75) is 6.92 Å². The highest BCUT2D eigenvalue weighted by Crippen LogP contribution is 2.26. The molecule has 5 heteroatoms. The van der Waals surface area contributed by atoms with Crippen LogP contribution in [0.15, 0.2) is 65.3 Å². The Morgan fingerprint density at radius 3 is 2.50 bits per heavy atom. The molecule has 0 aliphatic heterocycles. The average Bonchev–Trinajstić information content (AvgIpc) is 3.24. The molecule has 0 spiro atoms. The van der Waals surface area contributed by atoms with Gasteiger partial charge in [-0.3, -0.25) is 4.68 Å². The molecule has 0 N–H and O–H groups in total. The molecule has 2 heterocycles. The van der Waals surface area contributed by atoms with E-state index in [-0.39, 0.29) is 0 Å². The van der Waals surface area contributed by atoms with E-state index in [9.17, 15) is 0 Å². The molecule has 24 heavy (non-hydrogen) atoms. The molecule has 0 saturated carbocycles. The van der Waals surface area contributed by atoms with Crippen molar-refractivity contribution in [3.05, 3.63) is 66.4 Å². The quantitative estimate of drug-likeness (QED) is 0.570. The number of rotatable bonds is 3. The molecule has 5 nitrogen and oxygen atoms in total. The highest BCUT2D eigenvalue weighted by molar-refractivity contribution is 5.68. The Morgan fingerprint density at radius 2 is 1.71 bits per heavy atom. The van der Waals surface area contributed by atoms with Gasteiger partial charge in [0.15, 0.2) is 0 Å². The Kier molecular flexibility index (Phi) is 3.46. The molecular weight excluding hydrogens is 300 g/mol. The first kappa shape index (κ1) is 14.4. The third-order valence-electron chi connectivity index (χ3n) is 3.93. The van der Waals surface area contributed by atoms with Crippen LogP contribution in [0.1, 0.15) is 5.56 Å². The molecule has 0 fully saturated rings. The SMILES string of the molecule is Cc1cccc(-c2nc(-c3cccc(-c4ccnn4C)c3)no2)c1. The molecule has 118 valence electrons. The van der Waals surface area contributed by atoms with Gasteiger partial charge in [-0.15, -0.1) is 0 Å². The fourth-order valence-corrected chi connectivity index (χ4v) is 2.71. The molecule has 2 aromatic carbocycles. The molecule has 0 bridgehead atoms. The van der Waals surface area contributed by atoms with Crippen molar-refractivity contribution in [2.24, 2.45) is 7.05 Å². The summed E-state index contributed by atoms with van der Waals surface area (Å²) < 4.78 is 7.28. The Labute approximate surface area is 139 Å². The second-order valence-corrected chi connectivity index (χ2v) is 5.71. The maximum atomic E-state index is 5.44. The van der Waals surface area contributed by atoms with Crippen molar-refractivity contribution in [1.82, 2.24) is 19.9 Å². The van der Waals surface area contributed by atoms with Gasteiger partial charge in [0.1, 0.15) is 0 Å². The predicted molar refractivity (Wildman–Crippen MR) is 92.1 cm³/mol. The molecule has 0 aliphatic rings. The molecule has 0 amide bonds. The Bertz CT molecular complexity index is 1000. The molecule has 0 aliphatic carbocycles. The van der Waals surface area contributed by atoms with Crippen molar-refractivity contribution in [1.29, 1.82) is 0 Å². The Hall–Kier alpha value is -3.21. The van der Waals surface area contributed by atoms with E-state index < -0.39 is 0 Å². The maximum absolute atomic E-state index is 5.44. The monoisotopic (exact) mass is 316 g/mol. The van der Waals surface area contributed by atoms with Crippen LogP contribution in [0.5, 0.6) is 0 Å². The van der Waals surface area contributed by atoms with Crippen LogP contribution in [-0.4, -0.2) is 19.9 Å². The second kappa shape index (κ2) is 5.77. The van der Waals surface area contributed by atoms with Crippen molar-refractivity contribution in [2.75, 3.05) is 0 Å². The minimum atomic E-state index is 0.527. The number of nitrogens with zero attached hydrogens (tertiary/aromatic N) is 4. The smallest absolute Gasteiger partial charge is 0.258 e. The number of hydrogen-bond donors (Lipinski definition) is 0. The van der Waals surface area contributed by atoms with E-state index in [1.165, 1.54) is 0 Å². The number of benzene rings is 2. The van der Waals surface area contributed by atoms with Gasteiger partial charge in [0, 0.05) is 29.9 Å². The van der Waals surface area contributed by atoms with Crippen LogP contribution < -0.4 is 0 Å². The lowest BCUT2D eigenvalue weighted by atomic mass is 10.1. The molecule has 4 rings (SSSR count). The van der Waals surface area contributed by atoms with E-state index in [4.69, 9.17) is 4.52 Å². The summed E-state index contributed by atoms with van der Waals surface area (Å²) in [5.74, 6) is 1.11. The zero-order valence-electron chi connectivity index (χ0n) is 13.5. The molecule has 0 unspecified atom stereocenters. The minimum Gasteiger partial charge on any atom is -0.334 e. The molecule has 0 radical (unpaired) electrons. The van der Waals surface area contributed by atoms with Gasteiger partial charge in [-0.25, -0.2) is 0 Å². The largest absolute Gasteiger partial charge is 0.334 e. The van der Waals surface area contributed by atoms with Gasteiger partial charge in [-0.1, -0.05) is 41.1 Å². The van der Waals surface area contributed by atoms with Gasteiger partial charge >= 0.3 is 0 Å². The Balaban J connectivity index is 1.72. The molecular formula is C19H16N4O. The van der Waals surface area contributed by atoms with Crippen LogP contribution in [0, 0.1) is 6.92 Å². The summed E-state index contributed by atoms with van der Waals surface area (Å²) in [6.45, 7) is 2.04. The van der Waals surface area contributed by atoms with Gasteiger partial charge in [0.25, 0.3) is 5.89 Å². The van der Waals surface area contributed by atoms with Gasteiger partial charge < -0.3 is 4.52 Å². The van der Waals surface area contributed by atoms with Crippen molar-refractivity contribution in [3.8, 4) is 34.1 Å². The zero-order chi connectivity index (χ0) is 16.5. The van der Waals surface area contributed by atoms with Crippen LogP contribution in [0.25, 0.3) is 34.1 Å². The van der Waals surface area contributed by atoms with Crippen LogP contribution >= 0.6 is 0 Å². The van der Waals surface area contributed by atoms with Crippen LogP contribution in [-0.2, 0) is 7.05 Å². The highest BCUT2D eigenvalue weighted by atomic mass is 16.5. The highest BCUT2D eigenvalue weighted by Gasteiger charge is 2.12. The van der Waals surface area contributed by atoms with Gasteiger partial charge in [0.2, 0.25) is 5.82 Å². The average molecular weight is 316 g/mol. The first-order chi connectivity index (χ1) is 11.7. The van der Waals surface area contributed by atoms with E-state index in [2.05, 4.69) is 15.2 Å². The predicted octanol–water partition coefficient (Wildman–Crippen LogP) is 4.11. The third kappa shape index (κ3) is 2.60. The van der Waals surface area contributed by atoms with Crippen molar-refractivity contribution >= 4 is 0 Å². The van der Waals surface area contributed by atoms with E-state index >= 15 is 0 Å². The van der Waals surface area contributed by atoms with E-state index in [1.807, 2.05) is 73.3 Å². The first-order valence-electron chi connectivity index (χ1n) is 7.70. The summed E-state index contributed by atoms with van der Waals surface area (Å²) in [5, 5.41) is 8.34. The van der Waals surface area contributed by atoms with E-state index in [0.717, 1.165) is 27.9 Å². The second-order valence-electron chi connectivity index (χ2n) is 5.71. The number of hydrogen-bond acceptors (Lipinski definition) is 4. The van der Waals surface area contributed by atoms with Crippen LogP contribution in [0.2, 0.25) is 0 Å². The lowest BCUT2D eigenvalue weighted by Gasteiger charge is -2.03. The fraction of sp³-hybridized carbons (Fsp3) is 0.105. The normalized spacial score (nSPS) is 10.9. The van der Waals surface area contributed by atoms with E-state index in [0.29, 0.717) is 11.7 Å². The summed E-state index contributed by atoms with van der Waals surface area (Å²) in [5.41, 5.74) is 5.10. The standard InChI is InChI=1S/C19H16N4O/c1-13-5-3-8-16(11-13)19-21-18(22-24-19)15-7-4-6-14(12-15)17-9-10-20-23(17)2/h3-12H,1-2H3. The third-order valence-corrected chi connectivity index (χ3v) is 3.93. The summed E-state index contributed by atoms with van der Waals surface area (Å²) in [4.78, 5) is 4.54. The van der Waals surface area contributed by atoms with Gasteiger partial charge in [0.05, 0.1) is 5.69 Å².